The molecule has 0 unspecified atom stereocenters. The SMILES string of the molecule is CC1(C)CC(/C=C/c2cc(/C=C/c3ccc4ccccc4n3)ccc2O)=CC(=C(C#N)C#N)C1. The molecule has 0 saturated heterocycles. The quantitative estimate of drug-likeness (QED) is 0.432. The topological polar surface area (TPSA) is 80.7 Å². The zero-order chi connectivity index (χ0) is 24.1. The summed E-state index contributed by atoms with van der Waals surface area (Å²) in [5.74, 6) is 0.193. The second-order valence-electron chi connectivity index (χ2n) is 9.27. The lowest BCUT2D eigenvalue weighted by molar-refractivity contribution is 0.354. The van der Waals surface area contributed by atoms with Gasteiger partial charge in [0.25, 0.3) is 0 Å². The van der Waals surface area contributed by atoms with E-state index < -0.39 is 0 Å². The van der Waals surface area contributed by atoms with Crippen molar-refractivity contribution in [3.63, 3.8) is 0 Å². The first-order valence-electron chi connectivity index (χ1n) is 11.2. The van der Waals surface area contributed by atoms with Crippen molar-refractivity contribution in [1.82, 2.24) is 4.98 Å². The molecule has 4 heteroatoms. The van der Waals surface area contributed by atoms with Crippen LogP contribution in [0, 0.1) is 28.1 Å². The summed E-state index contributed by atoms with van der Waals surface area (Å²) in [6, 6.07) is 21.5. The Morgan fingerprint density at radius 3 is 2.53 bits per heavy atom. The molecule has 4 rings (SSSR count). The fraction of sp³-hybridized carbons (Fsp3) is 0.167. The lowest BCUT2D eigenvalue weighted by Gasteiger charge is -2.30. The van der Waals surface area contributed by atoms with Gasteiger partial charge in [-0.1, -0.05) is 68.5 Å². The van der Waals surface area contributed by atoms with E-state index in [9.17, 15) is 15.6 Å². The molecule has 34 heavy (non-hydrogen) atoms. The molecule has 3 aromatic rings. The van der Waals surface area contributed by atoms with Crippen molar-refractivity contribution in [3.8, 4) is 17.9 Å². The first-order valence-corrected chi connectivity index (χ1v) is 11.2. The zero-order valence-electron chi connectivity index (χ0n) is 19.3. The highest BCUT2D eigenvalue weighted by Crippen LogP contribution is 2.39. The smallest absolute Gasteiger partial charge is 0.132 e. The highest BCUT2D eigenvalue weighted by molar-refractivity contribution is 5.81. The van der Waals surface area contributed by atoms with Crippen LogP contribution < -0.4 is 0 Å². The number of rotatable bonds is 4. The average molecular weight is 444 g/mol. The van der Waals surface area contributed by atoms with E-state index in [4.69, 9.17) is 0 Å². The second kappa shape index (κ2) is 9.61. The number of pyridine rings is 1. The summed E-state index contributed by atoms with van der Waals surface area (Å²) >= 11 is 0. The van der Waals surface area contributed by atoms with Crippen molar-refractivity contribution >= 4 is 29.1 Å². The van der Waals surface area contributed by atoms with Crippen molar-refractivity contribution in [2.45, 2.75) is 26.7 Å². The summed E-state index contributed by atoms with van der Waals surface area (Å²) in [6.07, 6.45) is 11.2. The Hall–Kier alpha value is -4.41. The molecule has 2 aromatic carbocycles. The Morgan fingerprint density at radius 2 is 1.74 bits per heavy atom. The van der Waals surface area contributed by atoms with Gasteiger partial charge in [-0.3, -0.25) is 0 Å². The van der Waals surface area contributed by atoms with E-state index in [1.807, 2.05) is 85.0 Å². The number of hydrogen-bond donors (Lipinski definition) is 1. The van der Waals surface area contributed by atoms with Gasteiger partial charge in [-0.2, -0.15) is 10.5 Å². The van der Waals surface area contributed by atoms with Gasteiger partial charge in [-0.05, 0) is 65.3 Å². The summed E-state index contributed by atoms with van der Waals surface area (Å²) in [5, 5.41) is 30.0. The van der Waals surface area contributed by atoms with Crippen LogP contribution in [-0.2, 0) is 0 Å². The maximum Gasteiger partial charge on any atom is 0.132 e. The largest absolute Gasteiger partial charge is 0.507 e. The van der Waals surface area contributed by atoms with Crippen LogP contribution in [0.3, 0.4) is 0 Å². The summed E-state index contributed by atoms with van der Waals surface area (Å²) in [7, 11) is 0. The molecule has 1 heterocycles. The minimum absolute atomic E-state index is 0.0534. The van der Waals surface area contributed by atoms with E-state index in [2.05, 4.69) is 24.9 Å². The number of nitriles is 2. The van der Waals surface area contributed by atoms with E-state index >= 15 is 0 Å². The number of aromatic hydroxyl groups is 1. The van der Waals surface area contributed by atoms with Crippen molar-refractivity contribution < 1.29 is 5.11 Å². The monoisotopic (exact) mass is 443 g/mol. The van der Waals surface area contributed by atoms with Gasteiger partial charge in [0.05, 0.1) is 11.2 Å². The molecular weight excluding hydrogens is 418 g/mol. The van der Waals surface area contributed by atoms with Crippen molar-refractivity contribution in [2.24, 2.45) is 5.41 Å². The third-order valence-electron chi connectivity index (χ3n) is 5.85. The first kappa shape index (κ1) is 22.8. The highest BCUT2D eigenvalue weighted by atomic mass is 16.3. The van der Waals surface area contributed by atoms with Crippen LogP contribution in [0.15, 0.2) is 83.5 Å². The molecule has 0 saturated carbocycles. The van der Waals surface area contributed by atoms with Gasteiger partial charge in [0.1, 0.15) is 23.5 Å². The van der Waals surface area contributed by atoms with Crippen molar-refractivity contribution in [2.75, 3.05) is 0 Å². The van der Waals surface area contributed by atoms with Gasteiger partial charge >= 0.3 is 0 Å². The Bertz CT molecular complexity index is 1440. The van der Waals surface area contributed by atoms with Crippen LogP contribution in [0.25, 0.3) is 29.1 Å². The number of fused-ring (bicyclic) bond motifs is 1. The fourth-order valence-corrected chi connectivity index (χ4v) is 4.26. The molecule has 0 aliphatic heterocycles. The zero-order valence-corrected chi connectivity index (χ0v) is 19.3. The summed E-state index contributed by atoms with van der Waals surface area (Å²) < 4.78 is 0. The fourth-order valence-electron chi connectivity index (χ4n) is 4.26. The third kappa shape index (κ3) is 5.31. The second-order valence-corrected chi connectivity index (χ2v) is 9.27. The molecule has 1 aromatic heterocycles. The van der Waals surface area contributed by atoms with Gasteiger partial charge in [-0.15, -0.1) is 0 Å². The standard InChI is InChI=1S/C30H25N3O/c1-30(2)17-22(16-25(18-30)26(19-31)20-32)7-10-24-15-21(9-14-29(24)34)8-12-27-13-11-23-5-3-4-6-28(23)33-27/h3-16,34H,17-18H2,1-2H3/b10-7+,12-8+. The molecule has 0 atom stereocenters. The number of nitrogens with zero attached hydrogens (tertiary/aromatic N) is 3. The van der Waals surface area contributed by atoms with Crippen molar-refractivity contribution in [1.29, 1.82) is 10.5 Å². The predicted molar refractivity (Wildman–Crippen MR) is 137 cm³/mol. The molecule has 0 spiro atoms. The molecule has 0 bridgehead atoms. The van der Waals surface area contributed by atoms with Gasteiger partial charge in [0.2, 0.25) is 0 Å². The average Bonchev–Trinajstić information content (AvgIpc) is 2.82. The molecule has 0 radical (unpaired) electrons. The Labute approximate surface area is 200 Å². The van der Waals surface area contributed by atoms with E-state index in [-0.39, 0.29) is 16.7 Å². The molecular formula is C30H25N3O. The van der Waals surface area contributed by atoms with E-state index in [1.54, 1.807) is 6.07 Å². The number of benzene rings is 2. The predicted octanol–water partition coefficient (Wildman–Crippen LogP) is 7.21. The molecule has 166 valence electrons. The molecule has 1 N–H and O–H groups in total. The van der Waals surface area contributed by atoms with Crippen LogP contribution in [-0.4, -0.2) is 10.1 Å². The van der Waals surface area contributed by atoms with Gasteiger partial charge < -0.3 is 5.11 Å². The summed E-state index contributed by atoms with van der Waals surface area (Å²) in [4.78, 5) is 4.67. The number of allylic oxidation sites excluding steroid dienone is 5. The minimum atomic E-state index is -0.0534. The summed E-state index contributed by atoms with van der Waals surface area (Å²) in [6.45, 7) is 4.26. The van der Waals surface area contributed by atoms with Crippen LogP contribution in [0.5, 0.6) is 5.75 Å². The highest BCUT2D eigenvalue weighted by Gasteiger charge is 2.26. The van der Waals surface area contributed by atoms with E-state index in [0.29, 0.717) is 12.0 Å². The Morgan fingerprint density at radius 1 is 0.941 bits per heavy atom. The number of hydrogen-bond acceptors (Lipinski definition) is 4. The van der Waals surface area contributed by atoms with Crippen molar-refractivity contribution in [3.05, 3.63) is 100 Å². The summed E-state index contributed by atoms with van der Waals surface area (Å²) in [5.41, 5.74) is 5.36. The van der Waals surface area contributed by atoms with Gasteiger partial charge in [0, 0.05) is 10.9 Å². The van der Waals surface area contributed by atoms with Crippen LogP contribution >= 0.6 is 0 Å². The maximum atomic E-state index is 10.4. The van der Waals surface area contributed by atoms with E-state index in [0.717, 1.165) is 39.7 Å². The molecule has 4 nitrogen and oxygen atoms in total. The minimum Gasteiger partial charge on any atom is -0.507 e. The van der Waals surface area contributed by atoms with Crippen LogP contribution in [0.1, 0.15) is 43.5 Å². The molecule has 0 fully saturated rings. The molecule has 0 amide bonds. The van der Waals surface area contributed by atoms with Crippen LogP contribution in [0.2, 0.25) is 0 Å². The van der Waals surface area contributed by atoms with Gasteiger partial charge in [-0.25, -0.2) is 4.98 Å². The normalized spacial score (nSPS) is 15.3. The lowest BCUT2D eigenvalue weighted by atomic mass is 9.74. The number of aromatic nitrogens is 1. The Balaban J connectivity index is 1.59. The maximum absolute atomic E-state index is 10.4. The number of para-hydroxylation sites is 1. The Kier molecular flexibility index (Phi) is 6.44. The lowest BCUT2D eigenvalue weighted by Crippen LogP contribution is -2.17. The molecule has 1 aliphatic carbocycles. The van der Waals surface area contributed by atoms with Gasteiger partial charge in [0.15, 0.2) is 0 Å². The van der Waals surface area contributed by atoms with E-state index in [1.165, 1.54) is 0 Å². The van der Waals surface area contributed by atoms with Crippen LogP contribution in [0.4, 0.5) is 0 Å². The first-order chi connectivity index (χ1) is 16.4. The third-order valence-corrected chi connectivity index (χ3v) is 5.85. The molecule has 1 aliphatic rings. The number of phenolic OH excluding ortho intramolecular Hbond substituents is 1. The number of phenols is 1.